The molecule has 0 radical (unpaired) electrons. The van der Waals surface area contributed by atoms with Crippen LogP contribution in [0.4, 0.5) is 5.69 Å². The van der Waals surface area contributed by atoms with Crippen LogP contribution in [0.3, 0.4) is 0 Å². The predicted molar refractivity (Wildman–Crippen MR) is 103 cm³/mol. The van der Waals surface area contributed by atoms with Crippen LogP contribution in [0.2, 0.25) is 0 Å². The van der Waals surface area contributed by atoms with Crippen LogP contribution < -0.4 is 14.8 Å². The van der Waals surface area contributed by atoms with Gasteiger partial charge >= 0.3 is 0 Å². The Bertz CT molecular complexity index is 781. The summed E-state index contributed by atoms with van der Waals surface area (Å²) in [5.74, 6) is 1.10. The monoisotopic (exact) mass is 368 g/mol. The summed E-state index contributed by atoms with van der Waals surface area (Å²) in [6.45, 7) is 3.32. The molecule has 3 rings (SSSR count). The highest BCUT2D eigenvalue weighted by molar-refractivity contribution is 5.97. The maximum atomic E-state index is 12.3. The molecule has 6 heteroatoms. The zero-order chi connectivity index (χ0) is 19.2. The number of nitrogens with one attached hydrogen (secondary N) is 1. The van der Waals surface area contributed by atoms with E-state index in [4.69, 9.17) is 9.47 Å². The van der Waals surface area contributed by atoms with Crippen molar-refractivity contribution >= 4 is 17.5 Å². The maximum absolute atomic E-state index is 12.3. The van der Waals surface area contributed by atoms with Crippen LogP contribution >= 0.6 is 0 Å². The average Bonchev–Trinajstić information content (AvgIpc) is 3.23. The Kier molecular flexibility index (Phi) is 5.96. The van der Waals surface area contributed by atoms with Crippen molar-refractivity contribution < 1.29 is 19.1 Å². The van der Waals surface area contributed by atoms with E-state index in [1.807, 2.05) is 4.90 Å². The first-order valence-corrected chi connectivity index (χ1v) is 9.08. The quantitative estimate of drug-likeness (QED) is 0.849. The van der Waals surface area contributed by atoms with Gasteiger partial charge in [-0.1, -0.05) is 0 Å². The Morgan fingerprint density at radius 3 is 2.15 bits per heavy atom. The van der Waals surface area contributed by atoms with Gasteiger partial charge in [0.15, 0.2) is 6.10 Å². The number of likely N-dealkylation sites (tertiary alicyclic amines) is 1. The van der Waals surface area contributed by atoms with Crippen LogP contribution in [-0.4, -0.2) is 43.0 Å². The minimum absolute atomic E-state index is 0.0431. The number of carbonyl (C=O) groups is 2. The third-order valence-electron chi connectivity index (χ3n) is 4.53. The summed E-state index contributed by atoms with van der Waals surface area (Å²) in [5, 5.41) is 2.81. The van der Waals surface area contributed by atoms with Crippen molar-refractivity contribution in [3.8, 4) is 11.5 Å². The number of carbonyl (C=O) groups excluding carboxylic acids is 2. The molecule has 0 bridgehead atoms. The van der Waals surface area contributed by atoms with E-state index in [1.54, 1.807) is 62.6 Å². The molecule has 2 amide bonds. The minimum Gasteiger partial charge on any atom is -0.497 e. The Morgan fingerprint density at radius 2 is 1.56 bits per heavy atom. The molecule has 0 aromatic heterocycles. The normalized spacial score (nSPS) is 14.5. The van der Waals surface area contributed by atoms with Gasteiger partial charge in [0.1, 0.15) is 11.5 Å². The van der Waals surface area contributed by atoms with Crippen LogP contribution in [0.5, 0.6) is 11.5 Å². The third-order valence-corrected chi connectivity index (χ3v) is 4.53. The molecule has 27 heavy (non-hydrogen) atoms. The van der Waals surface area contributed by atoms with Gasteiger partial charge in [0.05, 0.1) is 7.11 Å². The first-order chi connectivity index (χ1) is 13.1. The molecule has 1 fully saturated rings. The summed E-state index contributed by atoms with van der Waals surface area (Å²) >= 11 is 0. The summed E-state index contributed by atoms with van der Waals surface area (Å²) in [6.07, 6.45) is 1.46. The molecule has 1 atom stereocenters. The second-order valence-electron chi connectivity index (χ2n) is 6.50. The van der Waals surface area contributed by atoms with Crippen LogP contribution in [-0.2, 0) is 4.79 Å². The van der Waals surface area contributed by atoms with E-state index in [0.717, 1.165) is 31.7 Å². The topological polar surface area (TPSA) is 67.9 Å². The molecule has 1 heterocycles. The number of nitrogens with zero attached hydrogens (tertiary/aromatic N) is 1. The fraction of sp³-hybridized carbons (Fsp3) is 0.333. The average molecular weight is 368 g/mol. The maximum Gasteiger partial charge on any atom is 0.265 e. The van der Waals surface area contributed by atoms with Crippen molar-refractivity contribution in [2.24, 2.45) is 0 Å². The molecule has 1 aliphatic heterocycles. The molecule has 1 aliphatic rings. The van der Waals surface area contributed by atoms with E-state index in [9.17, 15) is 9.59 Å². The number of amides is 2. The number of rotatable bonds is 6. The Hall–Kier alpha value is -3.02. The first kappa shape index (κ1) is 18.8. The highest BCUT2D eigenvalue weighted by Crippen LogP contribution is 2.19. The highest BCUT2D eigenvalue weighted by atomic mass is 16.5. The molecule has 2 aromatic rings. The molecular weight excluding hydrogens is 344 g/mol. The zero-order valence-corrected chi connectivity index (χ0v) is 15.6. The second-order valence-corrected chi connectivity index (χ2v) is 6.50. The summed E-state index contributed by atoms with van der Waals surface area (Å²) in [4.78, 5) is 26.5. The van der Waals surface area contributed by atoms with Crippen molar-refractivity contribution in [2.45, 2.75) is 25.9 Å². The molecule has 1 saturated heterocycles. The second kappa shape index (κ2) is 8.58. The predicted octanol–water partition coefficient (Wildman–Crippen LogP) is 3.34. The molecule has 6 nitrogen and oxygen atoms in total. The van der Waals surface area contributed by atoms with E-state index in [-0.39, 0.29) is 11.8 Å². The number of methoxy groups -OCH3 is 1. The lowest BCUT2D eigenvalue weighted by molar-refractivity contribution is -0.122. The molecule has 0 aliphatic carbocycles. The van der Waals surface area contributed by atoms with Gasteiger partial charge in [-0.3, -0.25) is 9.59 Å². The van der Waals surface area contributed by atoms with Crippen molar-refractivity contribution in [1.82, 2.24) is 4.90 Å². The van der Waals surface area contributed by atoms with E-state index >= 15 is 0 Å². The van der Waals surface area contributed by atoms with Gasteiger partial charge in [0.2, 0.25) is 0 Å². The number of ether oxygens (including phenoxy) is 2. The van der Waals surface area contributed by atoms with E-state index < -0.39 is 6.10 Å². The van der Waals surface area contributed by atoms with Crippen LogP contribution in [0.25, 0.3) is 0 Å². The van der Waals surface area contributed by atoms with Gasteiger partial charge in [0, 0.05) is 24.3 Å². The molecule has 0 saturated carbocycles. The Balaban J connectivity index is 1.55. The lowest BCUT2D eigenvalue weighted by Gasteiger charge is -2.16. The molecular formula is C21H24N2O4. The largest absolute Gasteiger partial charge is 0.497 e. The number of hydrogen-bond acceptors (Lipinski definition) is 4. The fourth-order valence-electron chi connectivity index (χ4n) is 2.95. The van der Waals surface area contributed by atoms with Crippen LogP contribution in [0.15, 0.2) is 48.5 Å². The third kappa shape index (κ3) is 4.78. The van der Waals surface area contributed by atoms with E-state index in [2.05, 4.69) is 5.32 Å². The van der Waals surface area contributed by atoms with E-state index in [1.165, 1.54) is 0 Å². The summed E-state index contributed by atoms with van der Waals surface area (Å²) in [6, 6.07) is 14.0. The van der Waals surface area contributed by atoms with Gasteiger partial charge in [-0.15, -0.1) is 0 Å². The van der Waals surface area contributed by atoms with E-state index in [0.29, 0.717) is 17.0 Å². The smallest absolute Gasteiger partial charge is 0.265 e. The molecule has 0 spiro atoms. The zero-order valence-electron chi connectivity index (χ0n) is 15.6. The van der Waals surface area contributed by atoms with Gasteiger partial charge in [0.25, 0.3) is 11.8 Å². The van der Waals surface area contributed by atoms with Crippen molar-refractivity contribution in [1.29, 1.82) is 0 Å². The highest BCUT2D eigenvalue weighted by Gasteiger charge is 2.20. The summed E-state index contributed by atoms with van der Waals surface area (Å²) in [5.41, 5.74) is 1.26. The molecule has 0 unspecified atom stereocenters. The molecule has 142 valence electrons. The number of benzene rings is 2. The van der Waals surface area contributed by atoms with Gasteiger partial charge in [-0.2, -0.15) is 0 Å². The SMILES string of the molecule is COc1ccc(O[C@@H](C)C(=O)Nc2ccc(C(=O)N3CCCC3)cc2)cc1. The van der Waals surface area contributed by atoms with Crippen LogP contribution in [0, 0.1) is 0 Å². The van der Waals surface area contributed by atoms with Crippen molar-refractivity contribution in [3.63, 3.8) is 0 Å². The van der Waals surface area contributed by atoms with Gasteiger partial charge in [-0.05, 0) is 68.3 Å². The molecule has 1 N–H and O–H groups in total. The lowest BCUT2D eigenvalue weighted by Crippen LogP contribution is -2.30. The standard InChI is InChI=1S/C21H24N2O4/c1-15(27-19-11-9-18(26-2)10-12-19)20(24)22-17-7-5-16(6-8-17)21(25)23-13-3-4-14-23/h5-12,15H,3-4,13-14H2,1-2H3,(H,22,24)/t15-/m0/s1. The minimum atomic E-state index is -0.663. The summed E-state index contributed by atoms with van der Waals surface area (Å²) in [7, 11) is 1.59. The molecule has 2 aromatic carbocycles. The first-order valence-electron chi connectivity index (χ1n) is 9.08. The fourth-order valence-corrected chi connectivity index (χ4v) is 2.95. The van der Waals surface area contributed by atoms with Crippen molar-refractivity contribution in [3.05, 3.63) is 54.1 Å². The Labute approximate surface area is 159 Å². The van der Waals surface area contributed by atoms with Gasteiger partial charge < -0.3 is 19.7 Å². The van der Waals surface area contributed by atoms with Gasteiger partial charge in [-0.25, -0.2) is 0 Å². The lowest BCUT2D eigenvalue weighted by atomic mass is 10.2. The van der Waals surface area contributed by atoms with Crippen molar-refractivity contribution in [2.75, 3.05) is 25.5 Å². The Morgan fingerprint density at radius 1 is 0.963 bits per heavy atom. The number of anilines is 1. The number of hydrogen-bond donors (Lipinski definition) is 1. The summed E-state index contributed by atoms with van der Waals surface area (Å²) < 4.78 is 10.7. The van der Waals surface area contributed by atoms with Crippen LogP contribution in [0.1, 0.15) is 30.1 Å².